The second-order valence-electron chi connectivity index (χ2n) is 9.42. The molecule has 1 saturated heterocycles. The Kier molecular flexibility index (Phi) is 7.91. The average Bonchev–Trinajstić information content (AvgIpc) is 3.35. The van der Waals surface area contributed by atoms with Gasteiger partial charge in [0.15, 0.2) is 0 Å². The van der Waals surface area contributed by atoms with Crippen molar-refractivity contribution >= 4 is 54.5 Å². The van der Waals surface area contributed by atoms with Crippen LogP contribution in [0.25, 0.3) is 10.2 Å². The van der Waals surface area contributed by atoms with Gasteiger partial charge >= 0.3 is 0 Å². The predicted octanol–water partition coefficient (Wildman–Crippen LogP) is 4.82. The van der Waals surface area contributed by atoms with E-state index in [4.69, 9.17) is 4.74 Å². The number of fused-ring (bicyclic) bond motifs is 1. The summed E-state index contributed by atoms with van der Waals surface area (Å²) in [4.78, 5) is 28.5. The number of halogens is 1. The Balaban J connectivity index is 1.46. The van der Waals surface area contributed by atoms with Crippen molar-refractivity contribution in [1.29, 1.82) is 0 Å². The van der Waals surface area contributed by atoms with Crippen LogP contribution < -0.4 is 5.01 Å². The van der Waals surface area contributed by atoms with Gasteiger partial charge in [0.05, 0.1) is 38.5 Å². The van der Waals surface area contributed by atoms with Gasteiger partial charge in [-0.2, -0.15) is 14.4 Å². The van der Waals surface area contributed by atoms with Crippen molar-refractivity contribution in [2.24, 2.45) is 5.10 Å². The second-order valence-corrected chi connectivity index (χ2v) is 12.4. The van der Waals surface area contributed by atoms with Crippen molar-refractivity contribution < 1.29 is 27.3 Å². The molecule has 0 radical (unpaired) electrons. The summed E-state index contributed by atoms with van der Waals surface area (Å²) in [5.41, 5.74) is 0.986. The van der Waals surface area contributed by atoms with Gasteiger partial charge in [-0.05, 0) is 74.0 Å². The number of hydrazone groups is 1. The summed E-state index contributed by atoms with van der Waals surface area (Å²) in [6.45, 7) is 4.05. The minimum Gasteiger partial charge on any atom is -0.373 e. The molecule has 0 saturated carbocycles. The summed E-state index contributed by atoms with van der Waals surface area (Å²) in [6, 6.07) is 15.1. The number of anilines is 1. The van der Waals surface area contributed by atoms with Crippen LogP contribution in [0.15, 0.2) is 76.7 Å². The van der Waals surface area contributed by atoms with Crippen LogP contribution in [0.3, 0.4) is 0 Å². The van der Waals surface area contributed by atoms with Crippen LogP contribution in [0.2, 0.25) is 0 Å². The van der Waals surface area contributed by atoms with Crippen molar-refractivity contribution in [1.82, 2.24) is 9.29 Å². The molecule has 2 atom stereocenters. The predicted molar refractivity (Wildman–Crippen MR) is 152 cm³/mol. The molecule has 1 fully saturated rings. The highest BCUT2D eigenvalue weighted by Gasteiger charge is 2.32. The number of nitro groups is 1. The number of rotatable bonds is 7. The lowest BCUT2D eigenvalue weighted by Crippen LogP contribution is -2.48. The van der Waals surface area contributed by atoms with Crippen LogP contribution in [0.1, 0.15) is 29.8 Å². The summed E-state index contributed by atoms with van der Waals surface area (Å²) in [6.07, 6.45) is 0.839. The number of ether oxygens (including phenoxy) is 1. The van der Waals surface area contributed by atoms with E-state index in [2.05, 4.69) is 10.1 Å². The topological polar surface area (TPSA) is 135 Å². The number of carbonyl (C=O) groups excluding carboxylic acids is 1. The van der Waals surface area contributed by atoms with E-state index in [0.29, 0.717) is 15.8 Å². The fraction of sp³-hybridized carbons (Fsp3) is 0.222. The minimum atomic E-state index is -3.82. The van der Waals surface area contributed by atoms with Gasteiger partial charge in [-0.25, -0.2) is 17.8 Å². The molecule has 14 heteroatoms. The smallest absolute Gasteiger partial charge is 0.280 e. The van der Waals surface area contributed by atoms with E-state index < -0.39 is 26.7 Å². The van der Waals surface area contributed by atoms with E-state index in [1.54, 1.807) is 0 Å². The maximum absolute atomic E-state index is 13.8. The maximum Gasteiger partial charge on any atom is 0.280 e. The summed E-state index contributed by atoms with van der Waals surface area (Å²) < 4.78 is 47.8. The van der Waals surface area contributed by atoms with Gasteiger partial charge in [0, 0.05) is 30.8 Å². The largest absolute Gasteiger partial charge is 0.373 e. The van der Waals surface area contributed by atoms with Crippen LogP contribution in [0, 0.1) is 15.9 Å². The highest BCUT2D eigenvalue weighted by Crippen LogP contribution is 2.31. The number of hydrogen-bond donors (Lipinski definition) is 0. The van der Waals surface area contributed by atoms with Gasteiger partial charge in [0.25, 0.3) is 11.6 Å². The fourth-order valence-corrected chi connectivity index (χ4v) is 6.88. The zero-order valence-electron chi connectivity index (χ0n) is 21.9. The van der Waals surface area contributed by atoms with E-state index in [0.717, 1.165) is 16.3 Å². The number of non-ortho nitro benzene ring substituents is 1. The normalized spacial score (nSPS) is 18.1. The second kappa shape index (κ2) is 11.4. The number of carbonyl (C=O) groups is 1. The number of amides is 1. The number of aromatic nitrogens is 1. The molecule has 1 aliphatic rings. The number of nitrogens with zero attached hydrogens (tertiary/aromatic N) is 5. The average molecular weight is 598 g/mol. The number of thiazole rings is 1. The molecule has 1 amide bonds. The lowest BCUT2D eigenvalue weighted by molar-refractivity contribution is -0.384. The molecular formula is C27H24FN5O6S2. The molecule has 3 aromatic carbocycles. The van der Waals surface area contributed by atoms with Crippen molar-refractivity contribution in [3.05, 3.63) is 93.8 Å². The third kappa shape index (κ3) is 6.15. The third-order valence-corrected chi connectivity index (χ3v) is 9.10. The Morgan fingerprint density at radius 1 is 1.12 bits per heavy atom. The first kappa shape index (κ1) is 28.4. The molecule has 0 N–H and O–H groups in total. The number of nitro benzene ring substituents is 1. The van der Waals surface area contributed by atoms with Crippen molar-refractivity contribution in [3.63, 3.8) is 0 Å². The number of hydrogen-bond acceptors (Lipinski definition) is 9. The van der Waals surface area contributed by atoms with E-state index in [9.17, 15) is 27.7 Å². The highest BCUT2D eigenvalue weighted by molar-refractivity contribution is 7.89. The number of morpholine rings is 1. The first-order valence-electron chi connectivity index (χ1n) is 12.5. The molecule has 0 aliphatic carbocycles. The first-order chi connectivity index (χ1) is 19.5. The first-order valence-corrected chi connectivity index (χ1v) is 14.7. The van der Waals surface area contributed by atoms with Crippen LogP contribution in [0.4, 0.5) is 15.2 Å². The molecule has 0 bridgehead atoms. The van der Waals surface area contributed by atoms with Crippen LogP contribution >= 0.6 is 11.3 Å². The van der Waals surface area contributed by atoms with E-state index in [-0.39, 0.29) is 46.6 Å². The Morgan fingerprint density at radius 3 is 2.41 bits per heavy atom. The Bertz CT molecular complexity index is 1730. The van der Waals surface area contributed by atoms with Gasteiger partial charge in [0.2, 0.25) is 15.2 Å². The summed E-state index contributed by atoms with van der Waals surface area (Å²) in [7, 11) is -3.82. The van der Waals surface area contributed by atoms with Crippen molar-refractivity contribution in [2.45, 2.75) is 31.0 Å². The standard InChI is InChI=1S/C27H24FN5O6S2/c1-17-15-31(16-18(2)39-17)41(37,38)23-10-5-20(6-11-23)26(34)32(27-30-24-12-7-21(28)13-25(24)40-27)29-14-19-3-8-22(9-4-19)33(35)36/h3-14,17-18H,15-16H2,1-2H3/b29-14+. The molecule has 4 aromatic rings. The zero-order chi connectivity index (χ0) is 29.3. The van der Waals surface area contributed by atoms with Crippen molar-refractivity contribution in [2.75, 3.05) is 18.1 Å². The molecule has 1 aliphatic heterocycles. The fourth-order valence-electron chi connectivity index (χ4n) is 4.34. The quantitative estimate of drug-likeness (QED) is 0.169. The molecule has 1 aromatic heterocycles. The van der Waals surface area contributed by atoms with Crippen LogP contribution in [0.5, 0.6) is 0 Å². The van der Waals surface area contributed by atoms with Crippen molar-refractivity contribution in [3.8, 4) is 0 Å². The number of benzene rings is 3. The van der Waals surface area contributed by atoms with Crippen LogP contribution in [-0.2, 0) is 14.8 Å². The number of sulfonamides is 1. The molecule has 212 valence electrons. The molecule has 11 nitrogen and oxygen atoms in total. The zero-order valence-corrected chi connectivity index (χ0v) is 23.5. The summed E-state index contributed by atoms with van der Waals surface area (Å²) in [5.74, 6) is -1.07. The van der Waals surface area contributed by atoms with Crippen LogP contribution in [-0.4, -0.2) is 60.0 Å². The Labute approximate surface area is 238 Å². The van der Waals surface area contributed by atoms with Gasteiger partial charge in [0.1, 0.15) is 5.82 Å². The molecule has 41 heavy (non-hydrogen) atoms. The van der Waals surface area contributed by atoms with E-state index in [1.165, 1.54) is 77.2 Å². The lowest BCUT2D eigenvalue weighted by Gasteiger charge is -2.34. The molecule has 2 unspecified atom stereocenters. The van der Waals surface area contributed by atoms with Gasteiger partial charge in [-0.1, -0.05) is 11.3 Å². The molecular weight excluding hydrogens is 573 g/mol. The minimum absolute atomic E-state index is 0.0340. The van der Waals surface area contributed by atoms with Gasteiger partial charge in [-0.3, -0.25) is 14.9 Å². The molecule has 2 heterocycles. The monoisotopic (exact) mass is 597 g/mol. The van der Waals surface area contributed by atoms with Gasteiger partial charge < -0.3 is 4.74 Å². The Morgan fingerprint density at radius 2 is 1.78 bits per heavy atom. The third-order valence-electron chi connectivity index (χ3n) is 6.26. The highest BCUT2D eigenvalue weighted by atomic mass is 32.2. The molecule has 0 spiro atoms. The van der Waals surface area contributed by atoms with E-state index >= 15 is 0 Å². The SMILES string of the molecule is CC1CN(S(=O)(=O)c2ccc(C(=O)N(/N=C/c3ccc([N+](=O)[O-])cc3)c3nc4ccc(F)cc4s3)cc2)CC(C)O1. The maximum atomic E-state index is 13.8. The Hall–Kier alpha value is -4.11. The summed E-state index contributed by atoms with van der Waals surface area (Å²) in [5, 5.41) is 16.4. The van der Waals surface area contributed by atoms with E-state index in [1.807, 2.05) is 13.8 Å². The lowest BCUT2D eigenvalue weighted by atomic mass is 10.2. The van der Waals surface area contributed by atoms with Gasteiger partial charge in [-0.15, -0.1) is 0 Å². The molecule has 5 rings (SSSR count). The summed E-state index contributed by atoms with van der Waals surface area (Å²) >= 11 is 1.05.